The van der Waals surface area contributed by atoms with Crippen LogP contribution in [0.25, 0.3) is 0 Å². The molecule has 1 N–H and O–H groups in total. The fourth-order valence-electron chi connectivity index (χ4n) is 1.44. The monoisotopic (exact) mass is 358 g/mol. The second-order valence-electron chi connectivity index (χ2n) is 3.84. The molecule has 0 aliphatic carbocycles. The molecule has 0 amide bonds. The van der Waals surface area contributed by atoms with Gasteiger partial charge in [0.25, 0.3) is 0 Å². The molecule has 0 spiro atoms. The zero-order valence-electron chi connectivity index (χ0n) is 9.86. The van der Waals surface area contributed by atoms with E-state index in [4.69, 9.17) is 23.2 Å². The van der Waals surface area contributed by atoms with Crippen LogP contribution < -0.4 is 0 Å². The molecule has 0 fully saturated rings. The minimum atomic E-state index is -0.00664. The van der Waals surface area contributed by atoms with Crippen molar-refractivity contribution >= 4 is 50.5 Å². The van der Waals surface area contributed by atoms with Crippen LogP contribution in [0, 0.1) is 6.92 Å². The standard InChI is InChI=1S/C13H9BrCl2N2O/c1-7-10(16)3-2-4-11(7)17-18-12-6-8(15)5-9(14)13(12)19/h2-6,19H,1H3. The van der Waals surface area contributed by atoms with Crippen molar-refractivity contribution in [3.8, 4) is 5.75 Å². The van der Waals surface area contributed by atoms with E-state index in [1.165, 1.54) is 6.07 Å². The third-order valence-electron chi connectivity index (χ3n) is 2.51. The van der Waals surface area contributed by atoms with E-state index in [1.54, 1.807) is 24.3 Å². The number of nitrogens with zero attached hydrogens (tertiary/aromatic N) is 2. The highest BCUT2D eigenvalue weighted by molar-refractivity contribution is 9.10. The first-order valence-electron chi connectivity index (χ1n) is 5.34. The van der Waals surface area contributed by atoms with Gasteiger partial charge in [-0.15, -0.1) is 5.11 Å². The van der Waals surface area contributed by atoms with E-state index in [0.29, 0.717) is 25.9 Å². The lowest BCUT2D eigenvalue weighted by Gasteiger charge is -2.03. The van der Waals surface area contributed by atoms with Crippen LogP contribution in [0.3, 0.4) is 0 Å². The Hall–Kier alpha value is -1.10. The van der Waals surface area contributed by atoms with Crippen LogP contribution in [-0.4, -0.2) is 5.11 Å². The molecule has 6 heteroatoms. The summed E-state index contributed by atoms with van der Waals surface area (Å²) in [5.41, 5.74) is 1.76. The second-order valence-corrected chi connectivity index (χ2v) is 5.54. The van der Waals surface area contributed by atoms with E-state index < -0.39 is 0 Å². The van der Waals surface area contributed by atoms with Gasteiger partial charge < -0.3 is 5.11 Å². The normalized spacial score (nSPS) is 11.2. The van der Waals surface area contributed by atoms with Gasteiger partial charge in [-0.1, -0.05) is 29.3 Å². The zero-order valence-corrected chi connectivity index (χ0v) is 13.0. The third-order valence-corrected chi connectivity index (χ3v) is 3.74. The molecule has 98 valence electrons. The predicted octanol–water partition coefficient (Wildman–Crippen LogP) is 6.19. The Morgan fingerprint density at radius 3 is 2.53 bits per heavy atom. The largest absolute Gasteiger partial charge is 0.505 e. The highest BCUT2D eigenvalue weighted by Crippen LogP contribution is 2.38. The van der Waals surface area contributed by atoms with Gasteiger partial charge in [0.2, 0.25) is 0 Å². The fraction of sp³-hybridized carbons (Fsp3) is 0.0769. The maximum atomic E-state index is 9.84. The smallest absolute Gasteiger partial charge is 0.157 e. The molecule has 0 saturated heterocycles. The van der Waals surface area contributed by atoms with Crippen molar-refractivity contribution < 1.29 is 5.11 Å². The van der Waals surface area contributed by atoms with Crippen LogP contribution in [0.15, 0.2) is 45.0 Å². The summed E-state index contributed by atoms with van der Waals surface area (Å²) in [5, 5.41) is 19.0. The second kappa shape index (κ2) is 5.90. The molecule has 0 atom stereocenters. The summed E-state index contributed by atoms with van der Waals surface area (Å²) in [6, 6.07) is 8.48. The number of hydrogen-bond acceptors (Lipinski definition) is 3. The highest BCUT2D eigenvalue weighted by Gasteiger charge is 2.07. The first-order chi connectivity index (χ1) is 8.99. The lowest BCUT2D eigenvalue weighted by Crippen LogP contribution is -1.76. The van der Waals surface area contributed by atoms with E-state index in [0.717, 1.165) is 5.56 Å². The molecule has 0 unspecified atom stereocenters. The molecule has 0 aliphatic rings. The number of phenols is 1. The van der Waals surface area contributed by atoms with Crippen molar-refractivity contribution in [2.75, 3.05) is 0 Å². The van der Waals surface area contributed by atoms with Crippen LogP contribution in [0.1, 0.15) is 5.56 Å². The molecule has 3 nitrogen and oxygen atoms in total. The SMILES string of the molecule is Cc1c(Cl)cccc1N=Nc1cc(Cl)cc(Br)c1O. The van der Waals surface area contributed by atoms with Gasteiger partial charge in [-0.3, -0.25) is 0 Å². The number of aromatic hydroxyl groups is 1. The van der Waals surface area contributed by atoms with Crippen molar-refractivity contribution in [1.82, 2.24) is 0 Å². The minimum absolute atomic E-state index is 0.00664. The van der Waals surface area contributed by atoms with Crippen molar-refractivity contribution in [2.24, 2.45) is 10.2 Å². The van der Waals surface area contributed by atoms with Gasteiger partial charge >= 0.3 is 0 Å². The Bertz CT molecular complexity index is 659. The lowest BCUT2D eigenvalue weighted by molar-refractivity contribution is 0.473. The first kappa shape index (κ1) is 14.3. The summed E-state index contributed by atoms with van der Waals surface area (Å²) in [5.74, 6) is -0.00664. The quantitative estimate of drug-likeness (QED) is 0.638. The molecule has 0 saturated carbocycles. The average molecular weight is 360 g/mol. The highest BCUT2D eigenvalue weighted by atomic mass is 79.9. The molecule has 0 aliphatic heterocycles. The van der Waals surface area contributed by atoms with Gasteiger partial charge in [-0.2, -0.15) is 5.11 Å². The number of benzene rings is 2. The van der Waals surface area contributed by atoms with Gasteiger partial charge in [-0.05, 0) is 52.7 Å². The van der Waals surface area contributed by atoms with Crippen molar-refractivity contribution in [3.63, 3.8) is 0 Å². The number of hydrogen-bond donors (Lipinski definition) is 1. The van der Waals surface area contributed by atoms with Gasteiger partial charge in [-0.25, -0.2) is 0 Å². The Kier molecular flexibility index (Phi) is 4.45. The molecule has 0 bridgehead atoms. The van der Waals surface area contributed by atoms with Crippen LogP contribution in [0.2, 0.25) is 10.0 Å². The number of phenolic OH excluding ortho intramolecular Hbond substituents is 1. The summed E-state index contributed by atoms with van der Waals surface area (Å²) < 4.78 is 0.469. The maximum absolute atomic E-state index is 9.84. The van der Waals surface area contributed by atoms with Crippen LogP contribution >= 0.6 is 39.1 Å². The number of rotatable bonds is 2. The Labute approximate surface area is 129 Å². The Morgan fingerprint density at radius 2 is 1.79 bits per heavy atom. The predicted molar refractivity (Wildman–Crippen MR) is 81.2 cm³/mol. The fourth-order valence-corrected chi connectivity index (χ4v) is 2.40. The van der Waals surface area contributed by atoms with Crippen molar-refractivity contribution in [3.05, 3.63) is 50.4 Å². The molecule has 2 aromatic carbocycles. The maximum Gasteiger partial charge on any atom is 0.157 e. The summed E-state index contributed by atoms with van der Waals surface area (Å²) in [7, 11) is 0. The summed E-state index contributed by atoms with van der Waals surface area (Å²) in [6.07, 6.45) is 0. The molecule has 0 heterocycles. The zero-order chi connectivity index (χ0) is 14.0. The molecule has 0 radical (unpaired) electrons. The van der Waals surface area contributed by atoms with Crippen LogP contribution in [-0.2, 0) is 0 Å². The van der Waals surface area contributed by atoms with E-state index in [1.807, 2.05) is 6.92 Å². The van der Waals surface area contributed by atoms with Crippen molar-refractivity contribution in [2.45, 2.75) is 6.92 Å². The first-order valence-corrected chi connectivity index (χ1v) is 6.89. The topological polar surface area (TPSA) is 45.0 Å². The van der Waals surface area contributed by atoms with Crippen LogP contribution in [0.4, 0.5) is 11.4 Å². The molecule has 0 aromatic heterocycles. The Morgan fingerprint density at radius 1 is 1.11 bits per heavy atom. The lowest BCUT2D eigenvalue weighted by atomic mass is 10.2. The van der Waals surface area contributed by atoms with E-state index in [2.05, 4.69) is 26.2 Å². The summed E-state index contributed by atoms with van der Waals surface area (Å²) in [4.78, 5) is 0. The third kappa shape index (κ3) is 3.26. The number of azo groups is 1. The minimum Gasteiger partial charge on any atom is -0.505 e. The van der Waals surface area contributed by atoms with E-state index in [-0.39, 0.29) is 5.75 Å². The number of halogens is 3. The average Bonchev–Trinajstić information content (AvgIpc) is 2.36. The van der Waals surface area contributed by atoms with Crippen molar-refractivity contribution in [1.29, 1.82) is 0 Å². The molecule has 19 heavy (non-hydrogen) atoms. The summed E-state index contributed by atoms with van der Waals surface area (Å²) >= 11 is 15.1. The van der Waals surface area contributed by atoms with Crippen LogP contribution in [0.5, 0.6) is 5.75 Å². The molecular formula is C13H9BrCl2N2O. The van der Waals surface area contributed by atoms with E-state index in [9.17, 15) is 5.11 Å². The van der Waals surface area contributed by atoms with Gasteiger partial charge in [0.15, 0.2) is 5.75 Å². The molecule has 2 rings (SSSR count). The summed E-state index contributed by atoms with van der Waals surface area (Å²) in [6.45, 7) is 1.85. The van der Waals surface area contributed by atoms with Gasteiger partial charge in [0.05, 0.1) is 10.2 Å². The Balaban J connectivity index is 2.41. The van der Waals surface area contributed by atoms with E-state index >= 15 is 0 Å². The molecule has 2 aromatic rings. The van der Waals surface area contributed by atoms with Gasteiger partial charge in [0, 0.05) is 10.0 Å². The molecular weight excluding hydrogens is 351 g/mol. The van der Waals surface area contributed by atoms with Gasteiger partial charge in [0.1, 0.15) is 5.69 Å².